The molecule has 0 aliphatic heterocycles. The molecule has 2 heteroatoms. The molecule has 1 rings (SSSR count). The van der Waals surface area contributed by atoms with Crippen LogP contribution in [0, 0.1) is 0 Å². The summed E-state index contributed by atoms with van der Waals surface area (Å²) >= 11 is 5.32. The Balaban J connectivity index is 2.85. The Morgan fingerprint density at radius 3 is 2.36 bits per heavy atom. The Hall–Kier alpha value is -0.820. The van der Waals surface area contributed by atoms with Crippen LogP contribution in [-0.4, -0.2) is 5.24 Å². The molecule has 0 aromatic heterocycles. The highest BCUT2D eigenvalue weighted by atomic mass is 35.5. The summed E-state index contributed by atoms with van der Waals surface area (Å²) in [6.07, 6.45) is 0. The molecule has 0 aliphatic rings. The molecule has 1 aromatic carbocycles. The van der Waals surface area contributed by atoms with E-state index < -0.39 is 0 Å². The van der Waals surface area contributed by atoms with Crippen LogP contribution in [0.4, 0.5) is 0 Å². The average molecular weight is 169 g/mol. The fourth-order valence-electron chi connectivity index (χ4n) is 0.873. The Labute approximate surface area is 71.0 Å². The van der Waals surface area contributed by atoms with E-state index in [0.717, 1.165) is 5.56 Å². The van der Waals surface area contributed by atoms with Crippen LogP contribution in [0.2, 0.25) is 0 Å². The molecular weight excluding hydrogens is 160 g/mol. The third-order valence-electron chi connectivity index (χ3n) is 1.64. The number of hydrogen-bond acceptors (Lipinski definition) is 1. The van der Waals surface area contributed by atoms with Crippen molar-refractivity contribution in [3.05, 3.63) is 35.9 Å². The monoisotopic (exact) mass is 168 g/mol. The molecule has 1 aromatic rings. The van der Waals surface area contributed by atoms with E-state index in [1.165, 1.54) is 0 Å². The number of rotatable bonds is 2. The van der Waals surface area contributed by atoms with E-state index in [9.17, 15) is 4.79 Å². The highest BCUT2D eigenvalue weighted by molar-refractivity contribution is 6.64. The van der Waals surface area contributed by atoms with E-state index in [-0.39, 0.29) is 11.2 Å². The lowest BCUT2D eigenvalue weighted by Gasteiger charge is -2.04. The van der Waals surface area contributed by atoms with Crippen LogP contribution >= 0.6 is 11.6 Å². The maximum absolute atomic E-state index is 10.7. The lowest BCUT2D eigenvalue weighted by molar-refractivity contribution is -0.112. The summed E-state index contributed by atoms with van der Waals surface area (Å²) in [7, 11) is 0. The van der Waals surface area contributed by atoms with Gasteiger partial charge >= 0.3 is 0 Å². The second-order valence-corrected chi connectivity index (χ2v) is 2.81. The van der Waals surface area contributed by atoms with Gasteiger partial charge in [-0.25, -0.2) is 0 Å². The quantitative estimate of drug-likeness (QED) is 0.621. The van der Waals surface area contributed by atoms with Crippen molar-refractivity contribution in [2.24, 2.45) is 0 Å². The van der Waals surface area contributed by atoms with Crippen LogP contribution in [0.3, 0.4) is 0 Å². The first kappa shape index (κ1) is 8.28. The van der Waals surface area contributed by atoms with Crippen LogP contribution in [0.5, 0.6) is 0 Å². The molecule has 0 aliphatic carbocycles. The minimum atomic E-state index is -0.309. The van der Waals surface area contributed by atoms with Crippen LogP contribution in [0.15, 0.2) is 30.3 Å². The first-order valence-corrected chi connectivity index (χ1v) is 3.84. The first-order valence-electron chi connectivity index (χ1n) is 3.46. The summed E-state index contributed by atoms with van der Waals surface area (Å²) in [6, 6.07) is 9.49. The van der Waals surface area contributed by atoms with Crippen LogP contribution in [0.25, 0.3) is 0 Å². The van der Waals surface area contributed by atoms with Crippen molar-refractivity contribution in [2.45, 2.75) is 12.8 Å². The van der Waals surface area contributed by atoms with Gasteiger partial charge in [-0.15, -0.1) is 0 Å². The SMILES string of the molecule is C[C@@H](C(=O)Cl)c1ccccc1. The summed E-state index contributed by atoms with van der Waals surface area (Å²) in [5, 5.41) is -0.309. The molecule has 0 bridgehead atoms. The van der Waals surface area contributed by atoms with Crippen LogP contribution in [-0.2, 0) is 4.79 Å². The summed E-state index contributed by atoms with van der Waals surface area (Å²) in [5.41, 5.74) is 0.965. The van der Waals surface area contributed by atoms with Crippen molar-refractivity contribution < 1.29 is 4.79 Å². The van der Waals surface area contributed by atoms with E-state index in [1.807, 2.05) is 30.3 Å². The largest absolute Gasteiger partial charge is 0.281 e. The first-order chi connectivity index (χ1) is 5.22. The molecule has 0 amide bonds. The lowest BCUT2D eigenvalue weighted by atomic mass is 10.0. The van der Waals surface area contributed by atoms with E-state index >= 15 is 0 Å². The minimum Gasteiger partial charge on any atom is -0.281 e. The van der Waals surface area contributed by atoms with E-state index in [1.54, 1.807) is 6.92 Å². The molecule has 11 heavy (non-hydrogen) atoms. The summed E-state index contributed by atoms with van der Waals surface area (Å²) in [6.45, 7) is 1.80. The molecular formula is C9H9ClO. The van der Waals surface area contributed by atoms with E-state index in [4.69, 9.17) is 11.6 Å². The molecule has 0 saturated carbocycles. The number of hydrogen-bond donors (Lipinski definition) is 0. The zero-order valence-electron chi connectivity index (χ0n) is 6.25. The zero-order chi connectivity index (χ0) is 8.27. The van der Waals surface area contributed by atoms with E-state index in [0.29, 0.717) is 0 Å². The van der Waals surface area contributed by atoms with Gasteiger partial charge in [0, 0.05) is 0 Å². The molecule has 0 radical (unpaired) electrons. The molecule has 0 fully saturated rings. The van der Waals surface area contributed by atoms with Gasteiger partial charge in [0.05, 0.1) is 5.92 Å². The van der Waals surface area contributed by atoms with Crippen molar-refractivity contribution in [1.29, 1.82) is 0 Å². The lowest BCUT2D eigenvalue weighted by Crippen LogP contribution is -2.00. The van der Waals surface area contributed by atoms with Crippen molar-refractivity contribution >= 4 is 16.8 Å². The van der Waals surface area contributed by atoms with Gasteiger partial charge in [-0.05, 0) is 17.2 Å². The molecule has 0 N–H and O–H groups in total. The third-order valence-corrected chi connectivity index (χ3v) is 1.97. The third kappa shape index (κ3) is 2.05. The van der Waals surface area contributed by atoms with Gasteiger partial charge in [0.1, 0.15) is 0 Å². The van der Waals surface area contributed by atoms with Gasteiger partial charge in [0.15, 0.2) is 0 Å². The fourth-order valence-corrected chi connectivity index (χ4v) is 0.999. The maximum atomic E-state index is 10.7. The number of benzene rings is 1. The molecule has 1 nitrogen and oxygen atoms in total. The second-order valence-electron chi connectivity index (χ2n) is 2.44. The van der Waals surface area contributed by atoms with Crippen molar-refractivity contribution in [1.82, 2.24) is 0 Å². The highest BCUT2D eigenvalue weighted by Gasteiger charge is 2.10. The molecule has 0 unspecified atom stereocenters. The molecule has 0 saturated heterocycles. The average Bonchev–Trinajstić information content (AvgIpc) is 2.05. The van der Waals surface area contributed by atoms with Gasteiger partial charge in [-0.2, -0.15) is 0 Å². The Morgan fingerprint density at radius 1 is 1.36 bits per heavy atom. The molecule has 0 heterocycles. The van der Waals surface area contributed by atoms with E-state index in [2.05, 4.69) is 0 Å². The summed E-state index contributed by atoms with van der Waals surface area (Å²) in [5.74, 6) is -0.196. The molecule has 1 atom stereocenters. The Morgan fingerprint density at radius 2 is 1.91 bits per heavy atom. The predicted octanol–water partition coefficient (Wildman–Crippen LogP) is 2.56. The zero-order valence-corrected chi connectivity index (χ0v) is 7.01. The van der Waals surface area contributed by atoms with Gasteiger partial charge < -0.3 is 0 Å². The number of carbonyl (C=O) groups is 1. The topological polar surface area (TPSA) is 17.1 Å². The molecule has 0 spiro atoms. The van der Waals surface area contributed by atoms with Gasteiger partial charge in [-0.1, -0.05) is 37.3 Å². The van der Waals surface area contributed by atoms with Crippen molar-refractivity contribution in [2.75, 3.05) is 0 Å². The fraction of sp³-hybridized carbons (Fsp3) is 0.222. The maximum Gasteiger partial charge on any atom is 0.228 e. The number of carbonyl (C=O) groups excluding carboxylic acids is 1. The summed E-state index contributed by atoms with van der Waals surface area (Å²) < 4.78 is 0. The van der Waals surface area contributed by atoms with Gasteiger partial charge in [0.25, 0.3) is 0 Å². The van der Waals surface area contributed by atoms with Crippen molar-refractivity contribution in [3.63, 3.8) is 0 Å². The minimum absolute atomic E-state index is 0.196. The van der Waals surface area contributed by atoms with Crippen LogP contribution in [0.1, 0.15) is 18.4 Å². The Bertz CT molecular complexity index is 243. The predicted molar refractivity (Wildman–Crippen MR) is 45.7 cm³/mol. The smallest absolute Gasteiger partial charge is 0.228 e. The van der Waals surface area contributed by atoms with Crippen molar-refractivity contribution in [3.8, 4) is 0 Å². The Kier molecular flexibility index (Phi) is 2.66. The highest BCUT2D eigenvalue weighted by Crippen LogP contribution is 2.16. The standard InChI is InChI=1S/C9H9ClO/c1-7(9(10)11)8-5-3-2-4-6-8/h2-7H,1H3/t7-/m1/s1. The number of halogens is 1. The second kappa shape index (κ2) is 3.54. The normalized spacial score (nSPS) is 12.5. The molecule has 58 valence electrons. The van der Waals surface area contributed by atoms with Gasteiger partial charge in [0.2, 0.25) is 5.24 Å². The van der Waals surface area contributed by atoms with Crippen LogP contribution < -0.4 is 0 Å². The van der Waals surface area contributed by atoms with Gasteiger partial charge in [-0.3, -0.25) is 4.79 Å². The summed E-state index contributed by atoms with van der Waals surface area (Å²) in [4.78, 5) is 10.7.